The van der Waals surface area contributed by atoms with Gasteiger partial charge in [0.15, 0.2) is 34.9 Å². The molecule has 0 fully saturated rings. The molecule has 0 N–H and O–H groups in total. The molecule has 8 rings (SSSR count). The van der Waals surface area contributed by atoms with Crippen molar-refractivity contribution in [2.24, 2.45) is 30.0 Å². The molecule has 4 heterocycles. The van der Waals surface area contributed by atoms with E-state index in [1.165, 1.54) is 54.6 Å². The molecule has 0 spiro atoms. The molecule has 19 nitrogen and oxygen atoms in total. The molecule has 62 heavy (non-hydrogen) atoms. The van der Waals surface area contributed by atoms with E-state index in [0.717, 1.165) is 0 Å². The molecule has 3 aliphatic heterocycles. The zero-order valence-corrected chi connectivity index (χ0v) is 30.7. The maximum absolute atomic E-state index is 10.5. The minimum absolute atomic E-state index is 0.0416. The van der Waals surface area contributed by atoms with E-state index in [2.05, 4.69) is 66.5 Å². The molecule has 0 saturated heterocycles. The second kappa shape index (κ2) is 15.0. The van der Waals surface area contributed by atoms with Crippen molar-refractivity contribution < 1.29 is 0 Å². The lowest BCUT2D eigenvalue weighted by molar-refractivity contribution is 1.07. The molecule has 276 valence electrons. The van der Waals surface area contributed by atoms with Gasteiger partial charge in [0.05, 0.1) is 94.2 Å². The van der Waals surface area contributed by atoms with Crippen LogP contribution in [0.4, 0.5) is 5.69 Å². The van der Waals surface area contributed by atoms with Crippen molar-refractivity contribution >= 4 is 11.4 Å². The quantitative estimate of drug-likeness (QED) is 0.191. The fraction of sp³-hybridized carbons (Fsp3) is 0. The maximum Gasteiger partial charge on any atom is 0.305 e. The maximum atomic E-state index is 10.5. The Labute approximate surface area is 346 Å². The van der Waals surface area contributed by atoms with Crippen molar-refractivity contribution in [1.29, 1.82) is 31.6 Å². The Kier molecular flexibility index (Phi) is 9.15. The molecule has 1 aromatic heterocycles. The summed E-state index contributed by atoms with van der Waals surface area (Å²) in [6.07, 6.45) is 0. The Morgan fingerprint density at radius 2 is 0.903 bits per heavy atom. The van der Waals surface area contributed by atoms with Crippen LogP contribution >= 0.6 is 0 Å². The highest BCUT2D eigenvalue weighted by Crippen LogP contribution is 2.31. The number of hydrogen-bond donors (Lipinski definition) is 0. The topological polar surface area (TPSA) is 273 Å². The molecule has 0 amide bonds. The van der Waals surface area contributed by atoms with E-state index < -0.39 is 11.4 Å². The van der Waals surface area contributed by atoms with Gasteiger partial charge in [-0.3, -0.25) is 4.99 Å². The first-order valence-electron chi connectivity index (χ1n) is 17.1. The van der Waals surface area contributed by atoms with Crippen molar-refractivity contribution in [1.82, 2.24) is 15.0 Å². The Bertz CT molecular complexity index is 3770. The summed E-state index contributed by atoms with van der Waals surface area (Å²) in [6, 6.07) is 24.8. The molecule has 4 aromatic carbocycles. The predicted molar refractivity (Wildman–Crippen MR) is 207 cm³/mol. The Morgan fingerprint density at radius 3 is 1.32 bits per heavy atom. The van der Waals surface area contributed by atoms with Crippen LogP contribution in [0.2, 0.25) is 0 Å². The zero-order chi connectivity index (χ0) is 43.7. The van der Waals surface area contributed by atoms with Gasteiger partial charge in [-0.25, -0.2) is 69.8 Å². The number of aromatic nitrogens is 3. The number of hydrogen-bond acceptors (Lipinski definition) is 15. The second-order valence-corrected chi connectivity index (χ2v) is 12.5. The number of allylic oxidation sites excluding steroid dienone is 2. The average Bonchev–Trinajstić information content (AvgIpc) is 4.06. The molecule has 0 unspecified atom stereocenters. The first-order valence-corrected chi connectivity index (χ1v) is 17.1. The summed E-state index contributed by atoms with van der Waals surface area (Å²) in [5.74, 6) is -0.848. The molecule has 0 saturated carbocycles. The van der Waals surface area contributed by atoms with Gasteiger partial charge in [0.1, 0.15) is 22.9 Å². The standard InChI is InChI=1S/C43H9N19/c1-50-31(18-48)41-54-28-8-5-23(26(16-46)34(28)57-41)38-60-39(24-6-9-29-35(27(24)17-47)58-42(55-29)32(19-49)51-2)62-40(61-38)25-7-10-30-37(36(25)53-4)59-43(56-30)33(52-3)22-12-20(14-44)11-21(13-22)15-45/h5-13H/b41-31+,42-32+,43-33-. The third kappa shape index (κ3) is 6.05. The van der Waals surface area contributed by atoms with E-state index in [0.29, 0.717) is 0 Å². The third-order valence-electron chi connectivity index (χ3n) is 9.12. The van der Waals surface area contributed by atoms with Crippen molar-refractivity contribution in [3.05, 3.63) is 189 Å². The fourth-order valence-corrected chi connectivity index (χ4v) is 6.41. The van der Waals surface area contributed by atoms with Gasteiger partial charge in [-0.15, -0.1) is 0 Å². The van der Waals surface area contributed by atoms with E-state index in [-0.39, 0.29) is 123 Å². The average molecular weight is 792 g/mol. The van der Waals surface area contributed by atoms with Crippen LogP contribution in [0.1, 0.15) is 27.8 Å². The predicted octanol–water partition coefficient (Wildman–Crippen LogP) is 3.14. The van der Waals surface area contributed by atoms with E-state index in [4.69, 9.17) is 36.3 Å². The van der Waals surface area contributed by atoms with Crippen LogP contribution in [0.15, 0.2) is 113 Å². The first-order chi connectivity index (χ1) is 30.2. The summed E-state index contributed by atoms with van der Waals surface area (Å²) in [7, 11) is 0. The normalized spacial score (nSPS) is 14.4. The minimum Gasteiger partial charge on any atom is -0.250 e. The molecule has 5 aromatic rings. The first kappa shape index (κ1) is 37.7. The second-order valence-electron chi connectivity index (χ2n) is 12.5. The summed E-state index contributed by atoms with van der Waals surface area (Å²) in [5, 5.41) is 59.7. The highest BCUT2D eigenvalue weighted by atomic mass is 15.1. The van der Waals surface area contributed by atoms with Gasteiger partial charge < -0.3 is 0 Å². The van der Waals surface area contributed by atoms with Gasteiger partial charge in [0.2, 0.25) is 11.4 Å². The van der Waals surface area contributed by atoms with Crippen LogP contribution in [-0.4, -0.2) is 15.0 Å². The molecular weight excluding hydrogens is 783 g/mol. The van der Waals surface area contributed by atoms with Gasteiger partial charge in [-0.2, -0.15) is 21.0 Å². The van der Waals surface area contributed by atoms with Crippen LogP contribution in [0.3, 0.4) is 0 Å². The van der Waals surface area contributed by atoms with Gasteiger partial charge in [0.25, 0.3) is 0 Å². The van der Waals surface area contributed by atoms with Crippen LogP contribution in [0, 0.1) is 94.3 Å². The molecule has 19 heteroatoms. The van der Waals surface area contributed by atoms with Crippen molar-refractivity contribution in [2.45, 2.75) is 0 Å². The lowest BCUT2D eigenvalue weighted by Crippen LogP contribution is -2.26. The van der Waals surface area contributed by atoms with Crippen molar-refractivity contribution in [2.75, 3.05) is 0 Å². The molecular formula is C43H9N19. The largest absolute Gasteiger partial charge is 0.305 e. The van der Waals surface area contributed by atoms with E-state index in [1.54, 1.807) is 12.1 Å². The van der Waals surface area contributed by atoms with Gasteiger partial charge in [0, 0.05) is 16.7 Å². The summed E-state index contributed by atoms with van der Waals surface area (Å²) in [6.45, 7) is 30.9. The summed E-state index contributed by atoms with van der Waals surface area (Å²) >= 11 is 0. The number of nitrogens with zero attached hydrogens (tertiary/aromatic N) is 19. The van der Waals surface area contributed by atoms with Gasteiger partial charge in [-0.05, 0) is 54.1 Å². The lowest BCUT2D eigenvalue weighted by atomic mass is 10.0. The van der Waals surface area contributed by atoms with Crippen LogP contribution in [0.25, 0.3) is 59.2 Å². The van der Waals surface area contributed by atoms with Crippen LogP contribution in [0.5, 0.6) is 0 Å². The summed E-state index contributed by atoms with van der Waals surface area (Å²) in [5.41, 5.74) is -0.330. The van der Waals surface area contributed by atoms with Crippen LogP contribution < -0.4 is 32.1 Å². The minimum atomic E-state index is -0.394. The van der Waals surface area contributed by atoms with E-state index >= 15 is 0 Å². The van der Waals surface area contributed by atoms with Crippen molar-refractivity contribution in [3.63, 3.8) is 0 Å². The highest BCUT2D eigenvalue weighted by molar-refractivity contribution is 5.79. The SMILES string of the molecule is [C-]#[N+]/C(=C1/N=c2ccc(-c3nc(-c4ccc5c(c4C#N)=N/C(=C(\C#N)[N+]#[C-])N=5)nc(-c4ccc5c(c4C#N)=N/C(=C(\C#N)[N+]#[C-])N=5)n3)c([N+]#[C-])c2=N1)c1cc(C#N)cc(C#N)c1. The number of benzene rings is 4. The molecule has 0 radical (unpaired) electrons. The zero-order valence-electron chi connectivity index (χ0n) is 30.7. The van der Waals surface area contributed by atoms with Gasteiger partial charge >= 0.3 is 11.4 Å². The number of rotatable bonds is 4. The summed E-state index contributed by atoms with van der Waals surface area (Å²) in [4.78, 5) is 53.9. The number of fused-ring (bicyclic) bond motifs is 3. The molecule has 0 atom stereocenters. The summed E-state index contributed by atoms with van der Waals surface area (Å²) < 4.78 is 0. The van der Waals surface area contributed by atoms with E-state index in [9.17, 15) is 31.6 Å². The lowest BCUT2D eigenvalue weighted by Gasteiger charge is -2.11. The molecule has 0 aliphatic carbocycles. The smallest absolute Gasteiger partial charge is 0.250 e. The molecule has 3 aliphatic rings. The van der Waals surface area contributed by atoms with Crippen molar-refractivity contribution in [3.8, 4) is 70.6 Å². The Balaban J connectivity index is 1.41. The molecule has 0 bridgehead atoms. The van der Waals surface area contributed by atoms with Gasteiger partial charge in [-0.1, -0.05) is 6.07 Å². The monoisotopic (exact) mass is 791 g/mol. The third-order valence-corrected chi connectivity index (χ3v) is 9.12. The number of nitriles is 6. The van der Waals surface area contributed by atoms with Crippen LogP contribution in [-0.2, 0) is 0 Å². The highest BCUT2D eigenvalue weighted by Gasteiger charge is 2.25. The fourth-order valence-electron chi connectivity index (χ4n) is 6.41. The Hall–Kier alpha value is -11.2. The Morgan fingerprint density at radius 1 is 0.468 bits per heavy atom. The van der Waals surface area contributed by atoms with E-state index in [1.807, 2.05) is 12.1 Å².